The molecule has 0 spiro atoms. The molecule has 3 aromatic rings. The summed E-state index contributed by atoms with van der Waals surface area (Å²) >= 11 is 0. The molecule has 1 heterocycles. The van der Waals surface area contributed by atoms with Crippen molar-refractivity contribution in [3.63, 3.8) is 0 Å². The van der Waals surface area contributed by atoms with Crippen LogP contribution in [0.5, 0.6) is 0 Å². The van der Waals surface area contributed by atoms with Gasteiger partial charge in [0.25, 0.3) is 0 Å². The molecular formula is C20H21F2N3O. The highest BCUT2D eigenvalue weighted by Gasteiger charge is 2.17. The monoisotopic (exact) mass is 357 g/mol. The van der Waals surface area contributed by atoms with Crippen LogP contribution in [0.1, 0.15) is 36.9 Å². The third kappa shape index (κ3) is 3.96. The molecule has 0 bridgehead atoms. The van der Waals surface area contributed by atoms with Crippen molar-refractivity contribution in [2.45, 2.75) is 32.9 Å². The molecule has 26 heavy (non-hydrogen) atoms. The number of aryl methyl sites for hydroxylation is 1. The molecule has 2 aromatic carbocycles. The summed E-state index contributed by atoms with van der Waals surface area (Å²) in [7, 11) is 1.87. The van der Waals surface area contributed by atoms with Gasteiger partial charge in [0.05, 0.1) is 6.54 Å². The fourth-order valence-electron chi connectivity index (χ4n) is 2.70. The van der Waals surface area contributed by atoms with Gasteiger partial charge in [-0.1, -0.05) is 42.4 Å². The number of aromatic nitrogens is 2. The second kappa shape index (κ2) is 7.74. The summed E-state index contributed by atoms with van der Waals surface area (Å²) in [6, 6.07) is 11.8. The molecular weight excluding hydrogens is 336 g/mol. The summed E-state index contributed by atoms with van der Waals surface area (Å²) in [6.45, 7) is 4.42. The SMILES string of the molecule is CCc1ccc(-c2noc(CN(C)C(C)c3ccc(F)c(F)c3)n2)cc1. The first-order valence-corrected chi connectivity index (χ1v) is 8.55. The first kappa shape index (κ1) is 18.2. The van der Waals surface area contributed by atoms with E-state index in [0.717, 1.165) is 18.1 Å². The van der Waals surface area contributed by atoms with Crippen molar-refractivity contribution in [1.29, 1.82) is 0 Å². The van der Waals surface area contributed by atoms with Gasteiger partial charge in [-0.2, -0.15) is 4.98 Å². The molecule has 0 aliphatic heterocycles. The largest absolute Gasteiger partial charge is 0.338 e. The maximum Gasteiger partial charge on any atom is 0.241 e. The molecule has 136 valence electrons. The van der Waals surface area contributed by atoms with Crippen molar-refractivity contribution in [3.05, 3.63) is 71.1 Å². The predicted molar refractivity (Wildman–Crippen MR) is 95.4 cm³/mol. The van der Waals surface area contributed by atoms with E-state index < -0.39 is 11.6 Å². The van der Waals surface area contributed by atoms with E-state index in [9.17, 15) is 8.78 Å². The molecule has 0 aliphatic rings. The quantitative estimate of drug-likeness (QED) is 0.637. The first-order valence-electron chi connectivity index (χ1n) is 8.55. The fraction of sp³-hybridized carbons (Fsp3) is 0.300. The Hall–Kier alpha value is -2.60. The fourth-order valence-corrected chi connectivity index (χ4v) is 2.70. The summed E-state index contributed by atoms with van der Waals surface area (Å²) in [4.78, 5) is 6.36. The average molecular weight is 357 g/mol. The van der Waals surface area contributed by atoms with Crippen LogP contribution in [0.3, 0.4) is 0 Å². The second-order valence-corrected chi connectivity index (χ2v) is 6.33. The van der Waals surface area contributed by atoms with E-state index in [4.69, 9.17) is 4.52 Å². The van der Waals surface area contributed by atoms with Gasteiger partial charge in [-0.15, -0.1) is 0 Å². The summed E-state index contributed by atoms with van der Waals surface area (Å²) in [5.41, 5.74) is 2.83. The standard InChI is InChI=1S/C20H21F2N3O/c1-4-14-5-7-15(8-6-14)20-23-19(26-24-20)12-25(3)13(2)16-9-10-17(21)18(22)11-16/h5-11,13H,4,12H2,1-3H3. The highest BCUT2D eigenvalue weighted by atomic mass is 19.2. The van der Waals surface area contributed by atoms with Gasteiger partial charge in [-0.25, -0.2) is 8.78 Å². The topological polar surface area (TPSA) is 42.2 Å². The molecule has 1 aromatic heterocycles. The second-order valence-electron chi connectivity index (χ2n) is 6.33. The van der Waals surface area contributed by atoms with Crippen molar-refractivity contribution >= 4 is 0 Å². The number of hydrogen-bond donors (Lipinski definition) is 0. The van der Waals surface area contributed by atoms with Crippen molar-refractivity contribution < 1.29 is 13.3 Å². The zero-order valence-electron chi connectivity index (χ0n) is 15.0. The molecule has 0 amide bonds. The Bertz CT molecular complexity index is 877. The lowest BCUT2D eigenvalue weighted by molar-refractivity contribution is 0.216. The number of rotatable bonds is 6. The van der Waals surface area contributed by atoms with Gasteiger partial charge in [-0.05, 0) is 43.7 Å². The minimum absolute atomic E-state index is 0.135. The Labute approximate surface area is 151 Å². The molecule has 0 saturated heterocycles. The van der Waals surface area contributed by atoms with E-state index in [-0.39, 0.29) is 6.04 Å². The predicted octanol–water partition coefficient (Wildman–Crippen LogP) is 4.77. The van der Waals surface area contributed by atoms with Crippen LogP contribution in [-0.2, 0) is 13.0 Å². The number of benzene rings is 2. The summed E-state index contributed by atoms with van der Waals surface area (Å²) < 4.78 is 31.9. The Morgan fingerprint density at radius 3 is 2.46 bits per heavy atom. The van der Waals surface area contributed by atoms with Crippen LogP contribution in [0.15, 0.2) is 47.0 Å². The van der Waals surface area contributed by atoms with Crippen molar-refractivity contribution in [2.75, 3.05) is 7.05 Å². The maximum atomic E-state index is 13.4. The third-order valence-corrected chi connectivity index (χ3v) is 4.56. The molecule has 4 nitrogen and oxygen atoms in total. The van der Waals surface area contributed by atoms with E-state index in [2.05, 4.69) is 17.1 Å². The van der Waals surface area contributed by atoms with E-state index >= 15 is 0 Å². The van der Waals surface area contributed by atoms with Crippen LogP contribution in [0, 0.1) is 11.6 Å². The molecule has 0 radical (unpaired) electrons. The highest BCUT2D eigenvalue weighted by Crippen LogP contribution is 2.23. The molecule has 0 fully saturated rings. The van der Waals surface area contributed by atoms with Crippen molar-refractivity contribution in [3.8, 4) is 11.4 Å². The van der Waals surface area contributed by atoms with E-state index in [1.807, 2.05) is 43.1 Å². The minimum atomic E-state index is -0.849. The van der Waals surface area contributed by atoms with Crippen LogP contribution >= 0.6 is 0 Å². The first-order chi connectivity index (χ1) is 12.5. The van der Waals surface area contributed by atoms with E-state index in [0.29, 0.717) is 23.8 Å². The summed E-state index contributed by atoms with van der Waals surface area (Å²) in [6.07, 6.45) is 0.977. The zero-order chi connectivity index (χ0) is 18.7. The third-order valence-electron chi connectivity index (χ3n) is 4.56. The number of nitrogens with zero attached hydrogens (tertiary/aromatic N) is 3. The summed E-state index contributed by atoms with van der Waals surface area (Å²) in [5, 5.41) is 4.03. The van der Waals surface area contributed by atoms with Crippen LogP contribution in [0.25, 0.3) is 11.4 Å². The van der Waals surface area contributed by atoms with Gasteiger partial charge in [0.15, 0.2) is 11.6 Å². The maximum absolute atomic E-state index is 13.4. The van der Waals surface area contributed by atoms with Gasteiger partial charge in [-0.3, -0.25) is 4.90 Å². The van der Waals surface area contributed by atoms with E-state index in [1.165, 1.54) is 11.6 Å². The zero-order valence-corrected chi connectivity index (χ0v) is 15.0. The molecule has 1 unspecified atom stereocenters. The highest BCUT2D eigenvalue weighted by molar-refractivity contribution is 5.54. The number of halogens is 2. The number of hydrogen-bond acceptors (Lipinski definition) is 4. The Kier molecular flexibility index (Phi) is 5.42. The molecule has 0 N–H and O–H groups in total. The minimum Gasteiger partial charge on any atom is -0.338 e. The van der Waals surface area contributed by atoms with Gasteiger partial charge in [0, 0.05) is 11.6 Å². The molecule has 6 heteroatoms. The smallest absolute Gasteiger partial charge is 0.241 e. The van der Waals surface area contributed by atoms with Gasteiger partial charge >= 0.3 is 0 Å². The Morgan fingerprint density at radius 2 is 1.81 bits per heavy atom. The van der Waals surface area contributed by atoms with Gasteiger partial charge in [0.2, 0.25) is 11.7 Å². The Balaban J connectivity index is 1.70. The average Bonchev–Trinajstić information content (AvgIpc) is 3.12. The summed E-state index contributed by atoms with van der Waals surface area (Å²) in [5.74, 6) is -0.689. The lowest BCUT2D eigenvalue weighted by Crippen LogP contribution is -2.22. The molecule has 3 rings (SSSR count). The van der Waals surface area contributed by atoms with E-state index in [1.54, 1.807) is 6.07 Å². The van der Waals surface area contributed by atoms with Crippen LogP contribution in [0.4, 0.5) is 8.78 Å². The lowest BCUT2D eigenvalue weighted by Gasteiger charge is -2.23. The van der Waals surface area contributed by atoms with Crippen LogP contribution in [0.2, 0.25) is 0 Å². The van der Waals surface area contributed by atoms with Gasteiger partial charge < -0.3 is 4.52 Å². The Morgan fingerprint density at radius 1 is 1.08 bits per heavy atom. The molecule has 1 atom stereocenters. The van der Waals surface area contributed by atoms with Crippen LogP contribution in [-0.4, -0.2) is 22.1 Å². The van der Waals surface area contributed by atoms with Crippen molar-refractivity contribution in [1.82, 2.24) is 15.0 Å². The normalized spacial score (nSPS) is 12.5. The van der Waals surface area contributed by atoms with Gasteiger partial charge in [0.1, 0.15) is 0 Å². The lowest BCUT2D eigenvalue weighted by atomic mass is 10.1. The molecule has 0 saturated carbocycles. The van der Waals surface area contributed by atoms with Crippen LogP contribution < -0.4 is 0 Å². The van der Waals surface area contributed by atoms with Crippen molar-refractivity contribution in [2.24, 2.45) is 0 Å². The molecule has 0 aliphatic carbocycles.